The summed E-state index contributed by atoms with van der Waals surface area (Å²) in [6, 6.07) is 14.7. The van der Waals surface area contributed by atoms with Gasteiger partial charge in [-0.1, -0.05) is 36.4 Å². The van der Waals surface area contributed by atoms with Crippen LogP contribution in [-0.2, 0) is 17.8 Å². The molecular weight excluding hydrogens is 334 g/mol. The average Bonchev–Trinajstić information content (AvgIpc) is 2.70. The van der Waals surface area contributed by atoms with E-state index in [4.69, 9.17) is 14.2 Å². The molecule has 140 valence electrons. The lowest BCUT2D eigenvalue weighted by atomic mass is 10.1. The zero-order valence-corrected chi connectivity index (χ0v) is 15.1. The van der Waals surface area contributed by atoms with Crippen LogP contribution in [0.25, 0.3) is 0 Å². The van der Waals surface area contributed by atoms with Crippen LogP contribution in [0, 0.1) is 0 Å². The molecule has 0 aromatic heterocycles. The van der Waals surface area contributed by atoms with Gasteiger partial charge in [0, 0.05) is 0 Å². The number of rotatable bonds is 9. The van der Waals surface area contributed by atoms with Gasteiger partial charge in [0.1, 0.15) is 6.61 Å². The van der Waals surface area contributed by atoms with Crippen molar-refractivity contribution in [1.29, 1.82) is 0 Å². The number of alkyl carbamates (subject to hydrolysis) is 1. The Balaban J connectivity index is 1.82. The molecule has 0 saturated heterocycles. The zero-order valence-electron chi connectivity index (χ0n) is 15.1. The molecule has 0 aliphatic heterocycles. The summed E-state index contributed by atoms with van der Waals surface area (Å²) in [5, 5.41) is 12.2. The van der Waals surface area contributed by atoms with Crippen molar-refractivity contribution in [3.8, 4) is 11.5 Å². The van der Waals surface area contributed by atoms with E-state index in [1.807, 2.05) is 48.5 Å². The molecule has 0 aliphatic rings. The SMILES string of the molecule is COc1ccc(CC[C@H](CO)NC(=O)OCc2ccccc2)cc1OC. The van der Waals surface area contributed by atoms with Crippen LogP contribution in [0.2, 0.25) is 0 Å². The van der Waals surface area contributed by atoms with E-state index in [1.165, 1.54) is 0 Å². The van der Waals surface area contributed by atoms with Gasteiger partial charge < -0.3 is 24.6 Å². The molecule has 1 atom stereocenters. The van der Waals surface area contributed by atoms with E-state index < -0.39 is 6.09 Å². The summed E-state index contributed by atoms with van der Waals surface area (Å²) in [4.78, 5) is 11.9. The molecule has 0 spiro atoms. The van der Waals surface area contributed by atoms with E-state index in [0.29, 0.717) is 24.3 Å². The first-order chi connectivity index (χ1) is 12.7. The zero-order chi connectivity index (χ0) is 18.8. The summed E-state index contributed by atoms with van der Waals surface area (Å²) in [5.74, 6) is 1.32. The number of benzene rings is 2. The number of carbonyl (C=O) groups excluding carboxylic acids is 1. The number of aliphatic hydroxyl groups excluding tert-OH is 1. The average molecular weight is 359 g/mol. The summed E-state index contributed by atoms with van der Waals surface area (Å²) in [6.45, 7) is 0.0359. The number of aliphatic hydroxyl groups is 1. The molecule has 0 fully saturated rings. The monoisotopic (exact) mass is 359 g/mol. The van der Waals surface area contributed by atoms with Crippen LogP contribution in [0.5, 0.6) is 11.5 Å². The van der Waals surface area contributed by atoms with Crippen LogP contribution in [0.1, 0.15) is 17.5 Å². The van der Waals surface area contributed by atoms with Crippen LogP contribution >= 0.6 is 0 Å². The Morgan fingerprint density at radius 2 is 1.77 bits per heavy atom. The van der Waals surface area contributed by atoms with E-state index in [9.17, 15) is 9.90 Å². The third-order valence-electron chi connectivity index (χ3n) is 3.98. The highest BCUT2D eigenvalue weighted by Crippen LogP contribution is 2.28. The summed E-state index contributed by atoms with van der Waals surface area (Å²) >= 11 is 0. The molecule has 2 aromatic rings. The molecule has 6 heteroatoms. The minimum Gasteiger partial charge on any atom is -0.493 e. The third-order valence-corrected chi connectivity index (χ3v) is 3.98. The largest absolute Gasteiger partial charge is 0.493 e. The van der Waals surface area contributed by atoms with Gasteiger partial charge in [-0.15, -0.1) is 0 Å². The minimum atomic E-state index is -0.541. The quantitative estimate of drug-likeness (QED) is 0.720. The first kappa shape index (κ1) is 19.6. The highest BCUT2D eigenvalue weighted by atomic mass is 16.5. The van der Waals surface area contributed by atoms with E-state index in [-0.39, 0.29) is 19.3 Å². The standard InChI is InChI=1S/C20H25NO5/c1-24-18-11-9-15(12-19(18)25-2)8-10-17(13-22)21-20(23)26-14-16-6-4-3-5-7-16/h3-7,9,11-12,17,22H,8,10,13-14H2,1-2H3,(H,21,23)/t17-/m1/s1. The molecule has 2 N–H and O–H groups in total. The first-order valence-electron chi connectivity index (χ1n) is 8.45. The number of carbonyl (C=O) groups is 1. The molecule has 6 nitrogen and oxygen atoms in total. The van der Waals surface area contributed by atoms with Gasteiger partial charge in [0.2, 0.25) is 0 Å². The lowest BCUT2D eigenvalue weighted by molar-refractivity contribution is 0.128. The molecule has 0 saturated carbocycles. The predicted octanol–water partition coefficient (Wildman–Crippen LogP) is 2.92. The van der Waals surface area contributed by atoms with E-state index in [0.717, 1.165) is 11.1 Å². The molecule has 0 heterocycles. The highest BCUT2D eigenvalue weighted by Gasteiger charge is 2.13. The molecular formula is C20H25NO5. The first-order valence-corrected chi connectivity index (χ1v) is 8.45. The summed E-state index contributed by atoms with van der Waals surface area (Å²) in [6.07, 6.45) is 0.706. The van der Waals surface area contributed by atoms with Crippen molar-refractivity contribution >= 4 is 6.09 Å². The number of methoxy groups -OCH3 is 2. The molecule has 26 heavy (non-hydrogen) atoms. The normalized spacial score (nSPS) is 11.5. The van der Waals surface area contributed by atoms with Gasteiger partial charge in [-0.2, -0.15) is 0 Å². The van der Waals surface area contributed by atoms with Crippen molar-refractivity contribution in [2.45, 2.75) is 25.5 Å². The second-order valence-corrected chi connectivity index (χ2v) is 5.81. The molecule has 0 aliphatic carbocycles. The van der Waals surface area contributed by atoms with Gasteiger partial charge >= 0.3 is 6.09 Å². The van der Waals surface area contributed by atoms with Gasteiger partial charge in [-0.3, -0.25) is 0 Å². The van der Waals surface area contributed by atoms with Crippen molar-refractivity contribution in [2.24, 2.45) is 0 Å². The topological polar surface area (TPSA) is 77.0 Å². The van der Waals surface area contributed by atoms with Crippen molar-refractivity contribution in [1.82, 2.24) is 5.32 Å². The number of hydrogen-bond donors (Lipinski definition) is 2. The molecule has 1 amide bonds. The fourth-order valence-corrected chi connectivity index (χ4v) is 2.52. The molecule has 2 rings (SSSR count). The molecule has 0 unspecified atom stereocenters. The van der Waals surface area contributed by atoms with Crippen LogP contribution < -0.4 is 14.8 Å². The number of amides is 1. The molecule has 0 bridgehead atoms. The smallest absolute Gasteiger partial charge is 0.407 e. The maximum atomic E-state index is 11.9. The van der Waals surface area contributed by atoms with Crippen molar-refractivity contribution in [2.75, 3.05) is 20.8 Å². The Morgan fingerprint density at radius 1 is 1.04 bits per heavy atom. The van der Waals surface area contributed by atoms with Gasteiger partial charge in [0.15, 0.2) is 11.5 Å². The lowest BCUT2D eigenvalue weighted by Gasteiger charge is -2.17. The fourth-order valence-electron chi connectivity index (χ4n) is 2.52. The van der Waals surface area contributed by atoms with E-state index >= 15 is 0 Å². The Labute approximate surface area is 153 Å². The van der Waals surface area contributed by atoms with E-state index in [1.54, 1.807) is 14.2 Å². The van der Waals surface area contributed by atoms with Gasteiger partial charge in [-0.25, -0.2) is 4.79 Å². The number of nitrogens with one attached hydrogen (secondary N) is 1. The van der Waals surface area contributed by atoms with Gasteiger partial charge in [-0.05, 0) is 36.1 Å². The number of aryl methyl sites for hydroxylation is 1. The van der Waals surface area contributed by atoms with E-state index in [2.05, 4.69) is 5.32 Å². The Kier molecular flexibility index (Phi) is 7.76. The Bertz CT molecular complexity index is 690. The predicted molar refractivity (Wildman–Crippen MR) is 98.5 cm³/mol. The summed E-state index contributed by atoms with van der Waals surface area (Å²) in [7, 11) is 3.17. The number of ether oxygens (including phenoxy) is 3. The van der Waals surface area contributed by atoms with Crippen LogP contribution in [0.4, 0.5) is 4.79 Å². The Morgan fingerprint density at radius 3 is 2.42 bits per heavy atom. The minimum absolute atomic E-state index is 0.159. The fraction of sp³-hybridized carbons (Fsp3) is 0.350. The van der Waals surface area contributed by atoms with Crippen LogP contribution in [0.15, 0.2) is 48.5 Å². The van der Waals surface area contributed by atoms with Crippen molar-refractivity contribution < 1.29 is 24.1 Å². The second-order valence-electron chi connectivity index (χ2n) is 5.81. The highest BCUT2D eigenvalue weighted by molar-refractivity contribution is 5.67. The third kappa shape index (κ3) is 5.97. The Hall–Kier alpha value is -2.73. The van der Waals surface area contributed by atoms with Crippen LogP contribution in [-0.4, -0.2) is 38.1 Å². The summed E-state index contributed by atoms with van der Waals surface area (Å²) in [5.41, 5.74) is 1.94. The maximum absolute atomic E-state index is 11.9. The molecule has 0 radical (unpaired) electrons. The number of hydrogen-bond acceptors (Lipinski definition) is 5. The van der Waals surface area contributed by atoms with Gasteiger partial charge in [0.05, 0.1) is 26.9 Å². The van der Waals surface area contributed by atoms with Crippen molar-refractivity contribution in [3.05, 3.63) is 59.7 Å². The maximum Gasteiger partial charge on any atom is 0.407 e. The van der Waals surface area contributed by atoms with Crippen molar-refractivity contribution in [3.63, 3.8) is 0 Å². The van der Waals surface area contributed by atoms with Gasteiger partial charge in [0.25, 0.3) is 0 Å². The summed E-state index contributed by atoms with van der Waals surface area (Å²) < 4.78 is 15.7. The lowest BCUT2D eigenvalue weighted by Crippen LogP contribution is -2.38. The second kappa shape index (κ2) is 10.3. The van der Waals surface area contributed by atoms with Crippen LogP contribution in [0.3, 0.4) is 0 Å². The molecule has 2 aromatic carbocycles.